The summed E-state index contributed by atoms with van der Waals surface area (Å²) in [6, 6.07) is 3.54. The SMILES string of the molecule is COc1cccnc1C(=O)C(C)(C)N1CCNCC1. The molecule has 0 unspecified atom stereocenters. The van der Waals surface area contributed by atoms with Crippen LogP contribution in [0.2, 0.25) is 0 Å². The average Bonchev–Trinajstić information content (AvgIpc) is 2.47. The predicted molar refractivity (Wildman–Crippen MR) is 73.6 cm³/mol. The highest BCUT2D eigenvalue weighted by Gasteiger charge is 2.37. The van der Waals surface area contributed by atoms with Crippen molar-refractivity contribution in [2.45, 2.75) is 19.4 Å². The first-order valence-electron chi connectivity index (χ1n) is 6.57. The summed E-state index contributed by atoms with van der Waals surface area (Å²) >= 11 is 0. The van der Waals surface area contributed by atoms with Gasteiger partial charge in [0.1, 0.15) is 11.4 Å². The molecule has 0 aliphatic carbocycles. The maximum atomic E-state index is 12.7. The summed E-state index contributed by atoms with van der Waals surface area (Å²) in [7, 11) is 1.56. The van der Waals surface area contributed by atoms with E-state index in [1.807, 2.05) is 13.8 Å². The fourth-order valence-electron chi connectivity index (χ4n) is 2.38. The van der Waals surface area contributed by atoms with E-state index < -0.39 is 5.54 Å². The normalized spacial score (nSPS) is 17.2. The van der Waals surface area contributed by atoms with E-state index in [4.69, 9.17) is 4.74 Å². The van der Waals surface area contributed by atoms with Gasteiger partial charge in [0.05, 0.1) is 12.6 Å². The number of ether oxygens (including phenoxy) is 1. The Labute approximate surface area is 114 Å². The third-order valence-electron chi connectivity index (χ3n) is 3.67. The van der Waals surface area contributed by atoms with Crippen LogP contribution in [0.5, 0.6) is 5.75 Å². The van der Waals surface area contributed by atoms with E-state index >= 15 is 0 Å². The van der Waals surface area contributed by atoms with Crippen LogP contribution < -0.4 is 10.1 Å². The molecule has 0 saturated carbocycles. The Hall–Kier alpha value is -1.46. The predicted octanol–water partition coefficient (Wildman–Crippen LogP) is 0.957. The Morgan fingerprint density at radius 3 is 2.74 bits per heavy atom. The van der Waals surface area contributed by atoms with E-state index in [0.29, 0.717) is 11.4 Å². The van der Waals surface area contributed by atoms with Crippen LogP contribution in [0, 0.1) is 0 Å². The van der Waals surface area contributed by atoms with Crippen LogP contribution in [0.1, 0.15) is 24.3 Å². The smallest absolute Gasteiger partial charge is 0.204 e. The molecule has 5 nitrogen and oxygen atoms in total. The first kappa shape index (κ1) is 14.0. The molecule has 0 amide bonds. The number of piperazine rings is 1. The molecule has 1 saturated heterocycles. The second-order valence-electron chi connectivity index (χ2n) is 5.18. The molecule has 0 radical (unpaired) electrons. The van der Waals surface area contributed by atoms with E-state index in [1.165, 1.54) is 0 Å². The zero-order valence-electron chi connectivity index (χ0n) is 11.8. The number of nitrogens with one attached hydrogen (secondary N) is 1. The highest BCUT2D eigenvalue weighted by molar-refractivity contribution is 6.03. The van der Waals surface area contributed by atoms with Gasteiger partial charge < -0.3 is 10.1 Å². The molecule has 1 fully saturated rings. The van der Waals surface area contributed by atoms with Crippen molar-refractivity contribution in [3.8, 4) is 5.75 Å². The number of carbonyl (C=O) groups excluding carboxylic acids is 1. The van der Waals surface area contributed by atoms with E-state index in [-0.39, 0.29) is 5.78 Å². The van der Waals surface area contributed by atoms with Crippen LogP contribution >= 0.6 is 0 Å². The van der Waals surface area contributed by atoms with Gasteiger partial charge in [-0.25, -0.2) is 4.98 Å². The van der Waals surface area contributed by atoms with Gasteiger partial charge in [-0.1, -0.05) is 0 Å². The monoisotopic (exact) mass is 263 g/mol. The van der Waals surface area contributed by atoms with Crippen LogP contribution in [0.3, 0.4) is 0 Å². The minimum absolute atomic E-state index is 0.00634. The van der Waals surface area contributed by atoms with E-state index in [9.17, 15) is 4.79 Å². The van der Waals surface area contributed by atoms with Gasteiger partial charge in [-0.15, -0.1) is 0 Å². The second-order valence-corrected chi connectivity index (χ2v) is 5.18. The Morgan fingerprint density at radius 2 is 2.11 bits per heavy atom. The van der Waals surface area contributed by atoms with Crippen molar-refractivity contribution < 1.29 is 9.53 Å². The number of ketones is 1. The van der Waals surface area contributed by atoms with Crippen molar-refractivity contribution in [3.05, 3.63) is 24.0 Å². The maximum absolute atomic E-state index is 12.7. The number of pyridine rings is 1. The molecule has 0 bridgehead atoms. The summed E-state index contributed by atoms with van der Waals surface area (Å²) in [6.45, 7) is 7.47. The number of rotatable bonds is 4. The van der Waals surface area contributed by atoms with Crippen LogP contribution in [-0.4, -0.2) is 54.5 Å². The van der Waals surface area contributed by atoms with Crippen LogP contribution in [-0.2, 0) is 0 Å². The lowest BCUT2D eigenvalue weighted by atomic mass is 9.93. The number of hydrogen-bond donors (Lipinski definition) is 1. The number of aromatic nitrogens is 1. The van der Waals surface area contributed by atoms with Gasteiger partial charge in [0.25, 0.3) is 0 Å². The number of methoxy groups -OCH3 is 1. The molecule has 2 heterocycles. The van der Waals surface area contributed by atoms with Gasteiger partial charge in [0.15, 0.2) is 0 Å². The molecular formula is C14H21N3O2. The number of nitrogens with zero attached hydrogens (tertiary/aromatic N) is 2. The zero-order chi connectivity index (χ0) is 13.9. The standard InChI is InChI=1S/C14H21N3O2/c1-14(2,17-9-7-15-8-10-17)13(18)12-11(19-3)5-4-6-16-12/h4-6,15H,7-10H2,1-3H3. The minimum Gasteiger partial charge on any atom is -0.494 e. The summed E-state index contributed by atoms with van der Waals surface area (Å²) in [6.07, 6.45) is 1.63. The van der Waals surface area contributed by atoms with Gasteiger partial charge in [-0.05, 0) is 26.0 Å². The molecule has 0 aromatic carbocycles. The minimum atomic E-state index is -0.566. The molecule has 5 heteroatoms. The van der Waals surface area contributed by atoms with Crippen molar-refractivity contribution in [1.82, 2.24) is 15.2 Å². The lowest BCUT2D eigenvalue weighted by molar-refractivity contribution is 0.0594. The summed E-state index contributed by atoms with van der Waals surface area (Å²) in [5.41, 5.74) is -0.155. The van der Waals surface area contributed by atoms with Gasteiger partial charge >= 0.3 is 0 Å². The molecule has 19 heavy (non-hydrogen) atoms. The molecule has 2 rings (SSSR count). The largest absolute Gasteiger partial charge is 0.494 e. The Morgan fingerprint density at radius 1 is 1.42 bits per heavy atom. The molecule has 1 aliphatic rings. The van der Waals surface area contributed by atoms with Gasteiger partial charge in [-0.3, -0.25) is 9.69 Å². The van der Waals surface area contributed by atoms with Gasteiger partial charge in [0, 0.05) is 32.4 Å². The lowest BCUT2D eigenvalue weighted by Crippen LogP contribution is -2.57. The molecule has 1 aromatic rings. The number of Topliss-reactive ketones (excluding diaryl/α,β-unsaturated/α-hetero) is 1. The summed E-state index contributed by atoms with van der Waals surface area (Å²) in [5, 5.41) is 3.29. The van der Waals surface area contributed by atoms with Crippen molar-refractivity contribution >= 4 is 5.78 Å². The third-order valence-corrected chi connectivity index (χ3v) is 3.67. The molecule has 0 spiro atoms. The second kappa shape index (κ2) is 5.67. The van der Waals surface area contributed by atoms with Crippen LogP contribution in [0.25, 0.3) is 0 Å². The number of hydrogen-bond acceptors (Lipinski definition) is 5. The van der Waals surface area contributed by atoms with Gasteiger partial charge in [-0.2, -0.15) is 0 Å². The molecule has 104 valence electrons. The van der Waals surface area contributed by atoms with E-state index in [1.54, 1.807) is 25.4 Å². The van der Waals surface area contributed by atoms with Crippen molar-refractivity contribution in [2.24, 2.45) is 0 Å². The highest BCUT2D eigenvalue weighted by Crippen LogP contribution is 2.25. The Kier molecular flexibility index (Phi) is 4.17. The fourth-order valence-corrected chi connectivity index (χ4v) is 2.38. The summed E-state index contributed by atoms with van der Waals surface area (Å²) in [4.78, 5) is 19.1. The van der Waals surface area contributed by atoms with Crippen LogP contribution in [0.4, 0.5) is 0 Å². The summed E-state index contributed by atoms with van der Waals surface area (Å²) in [5.74, 6) is 0.544. The van der Waals surface area contributed by atoms with E-state index in [0.717, 1.165) is 26.2 Å². The maximum Gasteiger partial charge on any atom is 0.204 e. The molecule has 1 N–H and O–H groups in total. The Balaban J connectivity index is 2.26. The van der Waals surface area contributed by atoms with Gasteiger partial charge in [0.2, 0.25) is 5.78 Å². The summed E-state index contributed by atoms with van der Waals surface area (Å²) < 4.78 is 5.23. The highest BCUT2D eigenvalue weighted by atomic mass is 16.5. The molecule has 1 aromatic heterocycles. The molecule has 1 aliphatic heterocycles. The van der Waals surface area contributed by atoms with E-state index in [2.05, 4.69) is 15.2 Å². The van der Waals surface area contributed by atoms with Crippen molar-refractivity contribution in [3.63, 3.8) is 0 Å². The average molecular weight is 263 g/mol. The third kappa shape index (κ3) is 2.77. The zero-order valence-corrected chi connectivity index (χ0v) is 11.8. The first-order chi connectivity index (χ1) is 9.07. The number of carbonyl (C=O) groups is 1. The first-order valence-corrected chi connectivity index (χ1v) is 6.57. The Bertz CT molecular complexity index is 454. The topological polar surface area (TPSA) is 54.5 Å². The molecule has 0 atom stereocenters. The quantitative estimate of drug-likeness (QED) is 0.820. The lowest BCUT2D eigenvalue weighted by Gasteiger charge is -2.39. The van der Waals surface area contributed by atoms with Crippen LogP contribution in [0.15, 0.2) is 18.3 Å². The van der Waals surface area contributed by atoms with Crippen molar-refractivity contribution in [1.29, 1.82) is 0 Å². The van der Waals surface area contributed by atoms with Crippen molar-refractivity contribution in [2.75, 3.05) is 33.3 Å². The molecular weight excluding hydrogens is 242 g/mol. The fraction of sp³-hybridized carbons (Fsp3) is 0.571.